The molecule has 0 bridgehead atoms. The fourth-order valence-electron chi connectivity index (χ4n) is 2.52. The predicted octanol–water partition coefficient (Wildman–Crippen LogP) is 3.55. The number of fused-ring (bicyclic) bond motifs is 1. The Morgan fingerprint density at radius 2 is 1.93 bits per heavy atom. The number of hydrogen-bond donors (Lipinski definition) is 1. The summed E-state index contributed by atoms with van der Waals surface area (Å²) >= 11 is 0. The lowest BCUT2D eigenvalue weighted by molar-refractivity contribution is 0.578. The number of sulfonamides is 1. The Labute approximate surface area is 164 Å². The van der Waals surface area contributed by atoms with Crippen LogP contribution in [0.15, 0.2) is 63.9 Å². The standard InChI is InChI=1S/C19H11F2N5O2S/c20-16-7-8-17(26-29(27,28)14-2-1-9-22-11-14)18(21)15(16)6-5-13-4-3-12-10-23-25-19(12)24-13/h1-4,7-9,11,26H,10H2. The average Bonchev–Trinajstić information content (AvgIpc) is 3.18. The Morgan fingerprint density at radius 1 is 1.07 bits per heavy atom. The van der Waals surface area contributed by atoms with Crippen molar-refractivity contribution in [2.45, 2.75) is 11.4 Å². The monoisotopic (exact) mass is 411 g/mol. The molecule has 1 N–H and O–H groups in total. The first-order chi connectivity index (χ1) is 13.9. The summed E-state index contributed by atoms with van der Waals surface area (Å²) in [5.41, 5.74) is 0.0695. The highest BCUT2D eigenvalue weighted by molar-refractivity contribution is 7.92. The van der Waals surface area contributed by atoms with Crippen LogP contribution in [0.5, 0.6) is 0 Å². The fraction of sp³-hybridized carbons (Fsp3) is 0.0526. The highest BCUT2D eigenvalue weighted by atomic mass is 32.2. The van der Waals surface area contributed by atoms with Crippen molar-refractivity contribution < 1.29 is 17.2 Å². The van der Waals surface area contributed by atoms with Gasteiger partial charge in [0.15, 0.2) is 11.6 Å². The zero-order valence-corrected chi connectivity index (χ0v) is 15.4. The highest BCUT2D eigenvalue weighted by Crippen LogP contribution is 2.25. The molecule has 1 aliphatic rings. The third kappa shape index (κ3) is 3.81. The van der Waals surface area contributed by atoms with E-state index in [1.807, 2.05) is 0 Å². The second-order valence-electron chi connectivity index (χ2n) is 5.91. The lowest BCUT2D eigenvalue weighted by Gasteiger charge is -2.10. The van der Waals surface area contributed by atoms with E-state index < -0.39 is 32.9 Å². The first-order valence-electron chi connectivity index (χ1n) is 8.24. The van der Waals surface area contributed by atoms with Gasteiger partial charge in [-0.2, -0.15) is 5.11 Å². The summed E-state index contributed by atoms with van der Waals surface area (Å²) in [5, 5.41) is 7.68. The maximum absolute atomic E-state index is 14.8. The van der Waals surface area contributed by atoms with Crippen molar-refractivity contribution in [3.8, 4) is 11.8 Å². The van der Waals surface area contributed by atoms with Crippen LogP contribution in [-0.2, 0) is 16.6 Å². The van der Waals surface area contributed by atoms with Gasteiger partial charge in [-0.1, -0.05) is 12.0 Å². The second-order valence-corrected chi connectivity index (χ2v) is 7.59. The summed E-state index contributed by atoms with van der Waals surface area (Å²) < 4.78 is 55.7. The van der Waals surface area contributed by atoms with Crippen LogP contribution >= 0.6 is 0 Å². The quantitative estimate of drug-likeness (QED) is 0.667. The van der Waals surface area contributed by atoms with Gasteiger partial charge in [0, 0.05) is 18.0 Å². The number of azo groups is 1. The summed E-state index contributed by atoms with van der Waals surface area (Å²) in [6, 6.07) is 7.96. The molecule has 0 radical (unpaired) electrons. The molecule has 1 aromatic carbocycles. The summed E-state index contributed by atoms with van der Waals surface area (Å²) in [4.78, 5) is 7.71. The van der Waals surface area contributed by atoms with E-state index in [-0.39, 0.29) is 10.6 Å². The van der Waals surface area contributed by atoms with Crippen LogP contribution in [0.2, 0.25) is 0 Å². The van der Waals surface area contributed by atoms with Gasteiger partial charge in [0.25, 0.3) is 10.0 Å². The number of nitrogens with zero attached hydrogens (tertiary/aromatic N) is 4. The number of halogens is 2. The van der Waals surface area contributed by atoms with Gasteiger partial charge in [0.05, 0.1) is 17.8 Å². The van der Waals surface area contributed by atoms with Crippen LogP contribution in [0.3, 0.4) is 0 Å². The zero-order valence-electron chi connectivity index (χ0n) is 14.6. The number of rotatable bonds is 3. The summed E-state index contributed by atoms with van der Waals surface area (Å²) in [5.74, 6) is 3.29. The Bertz CT molecular complexity index is 1300. The van der Waals surface area contributed by atoms with Gasteiger partial charge in [0.1, 0.15) is 16.4 Å². The molecule has 7 nitrogen and oxygen atoms in total. The van der Waals surface area contributed by atoms with Crippen LogP contribution < -0.4 is 4.72 Å². The highest BCUT2D eigenvalue weighted by Gasteiger charge is 2.19. The van der Waals surface area contributed by atoms with Gasteiger partial charge in [0.2, 0.25) is 0 Å². The second kappa shape index (κ2) is 7.37. The van der Waals surface area contributed by atoms with E-state index in [0.29, 0.717) is 12.4 Å². The molecule has 0 fully saturated rings. The minimum absolute atomic E-state index is 0.159. The number of anilines is 1. The van der Waals surface area contributed by atoms with Crippen LogP contribution in [-0.4, -0.2) is 18.4 Å². The van der Waals surface area contributed by atoms with Gasteiger partial charge >= 0.3 is 0 Å². The summed E-state index contributed by atoms with van der Waals surface area (Å²) in [6.07, 6.45) is 2.51. The number of pyridine rings is 2. The Kier molecular flexibility index (Phi) is 4.74. The molecule has 1 aliphatic heterocycles. The number of hydrogen-bond acceptors (Lipinski definition) is 6. The van der Waals surface area contributed by atoms with Crippen molar-refractivity contribution >= 4 is 21.5 Å². The van der Waals surface area contributed by atoms with Gasteiger partial charge in [-0.25, -0.2) is 22.2 Å². The van der Waals surface area contributed by atoms with E-state index in [9.17, 15) is 17.2 Å². The van der Waals surface area contributed by atoms with Crippen molar-refractivity contribution in [3.05, 3.63) is 77.2 Å². The molecule has 0 atom stereocenters. The van der Waals surface area contributed by atoms with E-state index in [2.05, 4.69) is 36.8 Å². The molecule has 3 heterocycles. The van der Waals surface area contributed by atoms with Gasteiger partial charge in [-0.05, 0) is 36.3 Å². The Balaban J connectivity index is 1.67. The van der Waals surface area contributed by atoms with Gasteiger partial charge < -0.3 is 0 Å². The Hall–Kier alpha value is -3.71. The maximum Gasteiger partial charge on any atom is 0.263 e. The average molecular weight is 411 g/mol. The number of benzene rings is 1. The molecule has 29 heavy (non-hydrogen) atoms. The summed E-state index contributed by atoms with van der Waals surface area (Å²) in [6.45, 7) is 0.429. The largest absolute Gasteiger partial charge is 0.277 e. The van der Waals surface area contributed by atoms with E-state index in [4.69, 9.17) is 0 Å². The van der Waals surface area contributed by atoms with E-state index >= 15 is 0 Å². The van der Waals surface area contributed by atoms with Gasteiger partial charge in [-0.15, -0.1) is 5.11 Å². The van der Waals surface area contributed by atoms with Crippen molar-refractivity contribution in [3.63, 3.8) is 0 Å². The maximum atomic E-state index is 14.8. The lowest BCUT2D eigenvalue weighted by atomic mass is 10.1. The van der Waals surface area contributed by atoms with Crippen molar-refractivity contribution in [1.29, 1.82) is 0 Å². The zero-order chi connectivity index (χ0) is 20.4. The molecule has 2 aromatic heterocycles. The van der Waals surface area contributed by atoms with E-state index in [0.717, 1.165) is 23.9 Å². The smallest absolute Gasteiger partial charge is 0.263 e. The van der Waals surface area contributed by atoms with Crippen molar-refractivity contribution in [1.82, 2.24) is 9.97 Å². The number of nitrogens with one attached hydrogen (secondary N) is 1. The molecule has 0 saturated heterocycles. The van der Waals surface area contributed by atoms with E-state index in [1.54, 1.807) is 12.1 Å². The molecular weight excluding hydrogens is 400 g/mol. The van der Waals surface area contributed by atoms with Gasteiger partial charge in [-0.3, -0.25) is 9.71 Å². The lowest BCUT2D eigenvalue weighted by Crippen LogP contribution is -2.14. The molecule has 10 heteroatoms. The van der Waals surface area contributed by atoms with Crippen LogP contribution in [0, 0.1) is 23.5 Å². The molecule has 0 saturated carbocycles. The molecule has 0 spiro atoms. The normalized spacial score (nSPS) is 12.2. The third-order valence-electron chi connectivity index (χ3n) is 3.96. The molecular formula is C19H11F2N5O2S. The minimum atomic E-state index is -4.10. The van der Waals surface area contributed by atoms with Crippen molar-refractivity contribution in [2.75, 3.05) is 4.72 Å². The molecule has 0 aliphatic carbocycles. The molecule has 3 aromatic rings. The first-order valence-corrected chi connectivity index (χ1v) is 9.73. The van der Waals surface area contributed by atoms with Crippen LogP contribution in [0.1, 0.15) is 16.8 Å². The van der Waals surface area contributed by atoms with Crippen molar-refractivity contribution in [2.24, 2.45) is 10.2 Å². The first kappa shape index (κ1) is 18.6. The van der Waals surface area contributed by atoms with Crippen LogP contribution in [0.4, 0.5) is 20.3 Å². The number of aromatic nitrogens is 2. The third-order valence-corrected chi connectivity index (χ3v) is 5.31. The molecule has 4 rings (SSSR count). The Morgan fingerprint density at radius 3 is 2.72 bits per heavy atom. The minimum Gasteiger partial charge on any atom is -0.277 e. The molecule has 144 valence electrons. The fourth-order valence-corrected chi connectivity index (χ4v) is 3.54. The predicted molar refractivity (Wildman–Crippen MR) is 99.8 cm³/mol. The summed E-state index contributed by atoms with van der Waals surface area (Å²) in [7, 11) is -4.10. The topological polar surface area (TPSA) is 96.7 Å². The van der Waals surface area contributed by atoms with Crippen LogP contribution in [0.25, 0.3) is 0 Å². The molecule has 0 amide bonds. The molecule has 0 unspecified atom stereocenters. The SMILES string of the molecule is O=S(=O)(Nc1ccc(F)c(C#Cc2ccc3c(n2)N=NC3)c1F)c1cccnc1. The van der Waals surface area contributed by atoms with E-state index in [1.165, 1.54) is 18.3 Å².